The first-order valence-electron chi connectivity index (χ1n) is 7.73. The Kier molecular flexibility index (Phi) is 3.74. The Labute approximate surface area is 142 Å². The Morgan fingerprint density at radius 3 is 2.83 bits per heavy atom. The molecule has 0 N–H and O–H groups in total. The van der Waals surface area contributed by atoms with Crippen molar-refractivity contribution in [1.82, 2.24) is 14.7 Å². The molecule has 0 saturated heterocycles. The van der Waals surface area contributed by atoms with Gasteiger partial charge in [-0.05, 0) is 12.5 Å². The van der Waals surface area contributed by atoms with Crippen LogP contribution in [0.25, 0.3) is 21.5 Å². The quantitative estimate of drug-likeness (QED) is 0.569. The van der Waals surface area contributed by atoms with Crippen molar-refractivity contribution >= 4 is 21.6 Å². The fourth-order valence-corrected chi connectivity index (χ4v) is 3.52. The van der Waals surface area contributed by atoms with Crippen LogP contribution in [0.3, 0.4) is 0 Å². The van der Waals surface area contributed by atoms with Gasteiger partial charge >= 0.3 is 0 Å². The molecule has 0 saturated carbocycles. The van der Waals surface area contributed by atoms with Crippen molar-refractivity contribution < 1.29 is 4.52 Å². The highest BCUT2D eigenvalue weighted by Crippen LogP contribution is 2.22. The zero-order valence-corrected chi connectivity index (χ0v) is 13.9. The van der Waals surface area contributed by atoms with Crippen LogP contribution < -0.4 is 5.56 Å². The molecule has 0 aliphatic rings. The number of aryl methyl sites for hydroxylation is 1. The highest BCUT2D eigenvalue weighted by molar-refractivity contribution is 7.18. The van der Waals surface area contributed by atoms with Gasteiger partial charge in [-0.1, -0.05) is 42.4 Å². The molecule has 3 heterocycles. The summed E-state index contributed by atoms with van der Waals surface area (Å²) < 4.78 is 6.96. The van der Waals surface area contributed by atoms with Crippen LogP contribution in [0.4, 0.5) is 0 Å². The lowest BCUT2D eigenvalue weighted by Crippen LogP contribution is -2.20. The summed E-state index contributed by atoms with van der Waals surface area (Å²) >= 11 is 1.57. The van der Waals surface area contributed by atoms with Crippen LogP contribution in [-0.2, 0) is 13.0 Å². The fraction of sp³-hybridized carbons (Fsp3) is 0.167. The summed E-state index contributed by atoms with van der Waals surface area (Å²) in [7, 11) is 0. The molecule has 24 heavy (non-hydrogen) atoms. The topological polar surface area (TPSA) is 60.9 Å². The molecule has 0 atom stereocenters. The molecule has 0 fully saturated rings. The molecule has 0 spiro atoms. The van der Waals surface area contributed by atoms with Gasteiger partial charge in [0.15, 0.2) is 5.76 Å². The minimum Gasteiger partial charge on any atom is -0.356 e. The third-order valence-electron chi connectivity index (χ3n) is 3.87. The standard InChI is InChI=1S/C18H15N3O2S/c1-2-14-9-15-17(24-14)19-11-21(18(15)22)10-13-8-16(23-20-13)12-6-4-3-5-7-12/h3-9,11H,2,10H2,1H3. The van der Waals surface area contributed by atoms with Crippen LogP contribution in [0.2, 0.25) is 0 Å². The number of aromatic nitrogens is 3. The van der Waals surface area contributed by atoms with Gasteiger partial charge in [-0.3, -0.25) is 9.36 Å². The van der Waals surface area contributed by atoms with Crippen molar-refractivity contribution in [2.75, 3.05) is 0 Å². The van der Waals surface area contributed by atoms with Crippen molar-refractivity contribution in [1.29, 1.82) is 0 Å². The van der Waals surface area contributed by atoms with Crippen LogP contribution in [-0.4, -0.2) is 14.7 Å². The van der Waals surface area contributed by atoms with E-state index in [1.165, 1.54) is 4.88 Å². The third kappa shape index (κ3) is 2.65. The molecule has 0 aliphatic heterocycles. The smallest absolute Gasteiger partial charge is 0.262 e. The average Bonchev–Trinajstić information content (AvgIpc) is 3.25. The van der Waals surface area contributed by atoms with Crippen molar-refractivity contribution in [3.05, 3.63) is 69.7 Å². The molecule has 5 nitrogen and oxygen atoms in total. The summed E-state index contributed by atoms with van der Waals surface area (Å²) in [5.74, 6) is 0.691. The Morgan fingerprint density at radius 1 is 1.21 bits per heavy atom. The second-order valence-corrected chi connectivity index (χ2v) is 6.63. The second kappa shape index (κ2) is 6.05. The first kappa shape index (κ1) is 14.8. The van der Waals surface area contributed by atoms with E-state index in [0.29, 0.717) is 23.4 Å². The molecule has 6 heteroatoms. The highest BCUT2D eigenvalue weighted by Gasteiger charge is 2.11. The molecule has 120 valence electrons. The highest BCUT2D eigenvalue weighted by atomic mass is 32.1. The first-order valence-corrected chi connectivity index (χ1v) is 8.55. The molecule has 3 aromatic heterocycles. The Balaban J connectivity index is 1.66. The second-order valence-electron chi connectivity index (χ2n) is 5.51. The lowest BCUT2D eigenvalue weighted by Gasteiger charge is -2.01. The summed E-state index contributed by atoms with van der Waals surface area (Å²) in [5, 5.41) is 4.74. The minimum absolute atomic E-state index is 0.0415. The van der Waals surface area contributed by atoms with Crippen LogP contribution >= 0.6 is 11.3 Å². The van der Waals surface area contributed by atoms with Crippen molar-refractivity contribution in [3.8, 4) is 11.3 Å². The monoisotopic (exact) mass is 337 g/mol. The van der Waals surface area contributed by atoms with Crippen molar-refractivity contribution in [2.24, 2.45) is 0 Å². The predicted octanol–water partition coefficient (Wildman–Crippen LogP) is 3.72. The summed E-state index contributed by atoms with van der Waals surface area (Å²) in [5.41, 5.74) is 1.62. The maximum atomic E-state index is 12.6. The first-order chi connectivity index (χ1) is 11.7. The number of rotatable bonds is 4. The maximum absolute atomic E-state index is 12.6. The lowest BCUT2D eigenvalue weighted by atomic mass is 10.2. The lowest BCUT2D eigenvalue weighted by molar-refractivity contribution is 0.420. The van der Waals surface area contributed by atoms with Crippen molar-refractivity contribution in [3.63, 3.8) is 0 Å². The number of hydrogen-bond acceptors (Lipinski definition) is 5. The molecule has 1 aromatic carbocycles. The zero-order valence-electron chi connectivity index (χ0n) is 13.1. The number of thiophene rings is 1. The van der Waals surface area contributed by atoms with Crippen LogP contribution in [0.1, 0.15) is 17.5 Å². The van der Waals surface area contributed by atoms with Gasteiger partial charge in [-0.25, -0.2) is 4.98 Å². The van der Waals surface area contributed by atoms with E-state index in [0.717, 1.165) is 16.8 Å². The maximum Gasteiger partial charge on any atom is 0.262 e. The summed E-state index contributed by atoms with van der Waals surface area (Å²) in [6.07, 6.45) is 2.49. The van der Waals surface area contributed by atoms with Gasteiger partial charge in [0.1, 0.15) is 10.5 Å². The van der Waals surface area contributed by atoms with Gasteiger partial charge in [0, 0.05) is 16.5 Å². The molecular weight excluding hydrogens is 322 g/mol. The largest absolute Gasteiger partial charge is 0.356 e. The fourth-order valence-electron chi connectivity index (χ4n) is 2.60. The van der Waals surface area contributed by atoms with E-state index in [2.05, 4.69) is 17.1 Å². The van der Waals surface area contributed by atoms with Crippen LogP contribution in [0.5, 0.6) is 0 Å². The van der Waals surface area contributed by atoms with E-state index in [1.807, 2.05) is 42.5 Å². The SMILES string of the molecule is CCc1cc2c(=O)n(Cc3cc(-c4ccccc4)on3)cnc2s1. The van der Waals surface area contributed by atoms with Crippen LogP contribution in [0.15, 0.2) is 58.1 Å². The summed E-state index contributed by atoms with van der Waals surface area (Å²) in [6, 6.07) is 13.6. The van der Waals surface area contributed by atoms with E-state index in [9.17, 15) is 4.79 Å². The molecule has 0 amide bonds. The normalized spacial score (nSPS) is 11.2. The third-order valence-corrected chi connectivity index (χ3v) is 5.05. The van der Waals surface area contributed by atoms with E-state index in [4.69, 9.17) is 4.52 Å². The summed E-state index contributed by atoms with van der Waals surface area (Å²) in [6.45, 7) is 2.42. The molecule has 0 unspecified atom stereocenters. The van der Waals surface area contributed by atoms with Gasteiger partial charge in [0.05, 0.1) is 18.3 Å². The Morgan fingerprint density at radius 2 is 2.04 bits per heavy atom. The molecule has 0 aliphatic carbocycles. The zero-order chi connectivity index (χ0) is 16.5. The predicted molar refractivity (Wildman–Crippen MR) is 94.3 cm³/mol. The summed E-state index contributed by atoms with van der Waals surface area (Å²) in [4.78, 5) is 19.0. The molecule has 0 radical (unpaired) electrons. The van der Waals surface area contributed by atoms with Gasteiger partial charge < -0.3 is 4.52 Å². The Bertz CT molecular complexity index is 1050. The number of benzene rings is 1. The van der Waals surface area contributed by atoms with Crippen molar-refractivity contribution in [2.45, 2.75) is 19.9 Å². The van der Waals surface area contributed by atoms with E-state index in [1.54, 1.807) is 22.2 Å². The molecular formula is C18H15N3O2S. The average molecular weight is 337 g/mol. The number of nitrogens with zero attached hydrogens (tertiary/aromatic N) is 3. The van der Waals surface area contributed by atoms with E-state index in [-0.39, 0.29) is 5.56 Å². The van der Waals surface area contributed by atoms with Crippen LogP contribution in [0, 0.1) is 0 Å². The Hall–Kier alpha value is -2.73. The van der Waals surface area contributed by atoms with Gasteiger partial charge in [0.2, 0.25) is 0 Å². The number of fused-ring (bicyclic) bond motifs is 1. The molecule has 0 bridgehead atoms. The van der Waals surface area contributed by atoms with E-state index >= 15 is 0 Å². The molecule has 4 rings (SSSR count). The van der Waals surface area contributed by atoms with Gasteiger partial charge in [-0.15, -0.1) is 11.3 Å². The molecule has 4 aromatic rings. The van der Waals surface area contributed by atoms with Gasteiger partial charge in [-0.2, -0.15) is 0 Å². The number of hydrogen-bond donors (Lipinski definition) is 0. The minimum atomic E-state index is -0.0415. The van der Waals surface area contributed by atoms with E-state index < -0.39 is 0 Å². The van der Waals surface area contributed by atoms with Gasteiger partial charge in [0.25, 0.3) is 5.56 Å².